The highest BCUT2D eigenvalue weighted by atomic mass is 16.3. The highest BCUT2D eigenvalue weighted by Gasteiger charge is 2.32. The Morgan fingerprint density at radius 2 is 1.75 bits per heavy atom. The summed E-state index contributed by atoms with van der Waals surface area (Å²) in [6.07, 6.45) is 2.58. The molecule has 0 atom stereocenters. The van der Waals surface area contributed by atoms with Crippen molar-refractivity contribution < 1.29 is 15.3 Å². The normalized spacial score (nSPS) is 11.7. The van der Waals surface area contributed by atoms with E-state index < -0.39 is 5.41 Å². The third kappa shape index (κ3) is 2.54. The number of benzene rings is 1. The van der Waals surface area contributed by atoms with Gasteiger partial charge in [-0.3, -0.25) is 0 Å². The van der Waals surface area contributed by atoms with Crippen LogP contribution >= 0.6 is 0 Å². The molecule has 1 aromatic carbocycles. The summed E-state index contributed by atoms with van der Waals surface area (Å²) in [6, 6.07) is 6.89. The molecule has 1 rings (SSSR count). The van der Waals surface area contributed by atoms with Crippen LogP contribution in [0.25, 0.3) is 0 Å². The van der Waals surface area contributed by atoms with Gasteiger partial charge in [0.2, 0.25) is 0 Å². The van der Waals surface area contributed by atoms with E-state index in [9.17, 15) is 15.3 Å². The summed E-state index contributed by atoms with van der Waals surface area (Å²) in [7, 11) is 0. The molecule has 16 heavy (non-hydrogen) atoms. The summed E-state index contributed by atoms with van der Waals surface area (Å²) < 4.78 is 0. The Balaban J connectivity index is 3.05. The Morgan fingerprint density at radius 1 is 1.12 bits per heavy atom. The highest BCUT2D eigenvalue weighted by molar-refractivity contribution is 5.38. The van der Waals surface area contributed by atoms with Crippen molar-refractivity contribution in [3.05, 3.63) is 29.8 Å². The van der Waals surface area contributed by atoms with Crippen LogP contribution in [0.3, 0.4) is 0 Å². The average Bonchev–Trinajstić information content (AvgIpc) is 2.33. The lowest BCUT2D eigenvalue weighted by atomic mass is 9.77. The van der Waals surface area contributed by atoms with Gasteiger partial charge in [0.15, 0.2) is 0 Å². The maximum Gasteiger partial charge on any atom is 0.119 e. The molecule has 3 nitrogen and oxygen atoms in total. The van der Waals surface area contributed by atoms with E-state index in [1.165, 1.54) is 0 Å². The van der Waals surface area contributed by atoms with Crippen molar-refractivity contribution in [2.75, 3.05) is 13.2 Å². The molecular formula is C13H20O3. The number of phenolic OH excluding ortho intramolecular Hbond substituents is 1. The van der Waals surface area contributed by atoms with Crippen molar-refractivity contribution in [2.45, 2.75) is 31.6 Å². The molecule has 0 saturated carbocycles. The third-order valence-electron chi connectivity index (χ3n) is 3.09. The van der Waals surface area contributed by atoms with E-state index in [1.54, 1.807) is 24.3 Å². The Morgan fingerprint density at radius 3 is 2.25 bits per heavy atom. The summed E-state index contributed by atoms with van der Waals surface area (Å²) in [6.45, 7) is 1.76. The summed E-state index contributed by atoms with van der Waals surface area (Å²) in [4.78, 5) is 0. The number of rotatable bonds is 6. The summed E-state index contributed by atoms with van der Waals surface area (Å²) in [5, 5.41) is 28.8. The van der Waals surface area contributed by atoms with Crippen LogP contribution < -0.4 is 0 Å². The molecule has 0 unspecified atom stereocenters. The zero-order chi connectivity index (χ0) is 12.0. The molecule has 90 valence electrons. The van der Waals surface area contributed by atoms with E-state index in [1.807, 2.05) is 0 Å². The molecule has 0 aliphatic rings. The van der Waals surface area contributed by atoms with Crippen molar-refractivity contribution in [3.63, 3.8) is 0 Å². The smallest absolute Gasteiger partial charge is 0.119 e. The van der Waals surface area contributed by atoms with Crippen molar-refractivity contribution in [2.24, 2.45) is 0 Å². The van der Waals surface area contributed by atoms with Gasteiger partial charge in [-0.15, -0.1) is 0 Å². The van der Waals surface area contributed by atoms with Crippen LogP contribution in [0.2, 0.25) is 0 Å². The number of hydrogen-bond acceptors (Lipinski definition) is 3. The first kappa shape index (κ1) is 13.0. The fourth-order valence-electron chi connectivity index (χ4n) is 1.95. The van der Waals surface area contributed by atoms with Gasteiger partial charge in [-0.25, -0.2) is 0 Å². The summed E-state index contributed by atoms with van der Waals surface area (Å²) in [5.41, 5.74) is -0.0881. The van der Waals surface area contributed by atoms with Crippen molar-refractivity contribution in [1.29, 1.82) is 0 Å². The van der Waals surface area contributed by atoms with Gasteiger partial charge in [0.1, 0.15) is 5.75 Å². The quantitative estimate of drug-likeness (QED) is 0.690. The largest absolute Gasteiger partial charge is 0.508 e. The predicted octanol–water partition coefficient (Wildman–Crippen LogP) is 1.80. The van der Waals surface area contributed by atoms with Gasteiger partial charge in [-0.1, -0.05) is 38.0 Å². The van der Waals surface area contributed by atoms with Gasteiger partial charge < -0.3 is 15.3 Å². The minimum absolute atomic E-state index is 0.140. The van der Waals surface area contributed by atoms with Gasteiger partial charge in [0, 0.05) is 11.0 Å². The van der Waals surface area contributed by atoms with Gasteiger partial charge in [-0.2, -0.15) is 0 Å². The highest BCUT2D eigenvalue weighted by Crippen LogP contribution is 2.34. The van der Waals surface area contributed by atoms with Crippen LogP contribution in [-0.4, -0.2) is 28.5 Å². The van der Waals surface area contributed by atoms with Crippen LogP contribution in [0.15, 0.2) is 24.3 Å². The molecule has 0 amide bonds. The number of unbranched alkanes of at least 4 members (excludes halogenated alkanes) is 1. The van der Waals surface area contributed by atoms with Crippen LogP contribution in [0.4, 0.5) is 0 Å². The average molecular weight is 224 g/mol. The first-order valence-electron chi connectivity index (χ1n) is 5.70. The number of para-hydroxylation sites is 1. The maximum atomic E-state index is 9.79. The van der Waals surface area contributed by atoms with E-state index in [2.05, 4.69) is 6.92 Å². The van der Waals surface area contributed by atoms with Crippen molar-refractivity contribution in [1.82, 2.24) is 0 Å². The molecular weight excluding hydrogens is 204 g/mol. The monoisotopic (exact) mass is 224 g/mol. The van der Waals surface area contributed by atoms with E-state index >= 15 is 0 Å². The number of phenols is 1. The minimum atomic E-state index is -0.721. The zero-order valence-electron chi connectivity index (χ0n) is 9.69. The second kappa shape index (κ2) is 5.87. The molecule has 0 fully saturated rings. The zero-order valence-corrected chi connectivity index (χ0v) is 9.69. The van der Waals surface area contributed by atoms with Crippen molar-refractivity contribution in [3.8, 4) is 5.75 Å². The van der Waals surface area contributed by atoms with Crippen LogP contribution in [-0.2, 0) is 5.41 Å². The van der Waals surface area contributed by atoms with E-state index in [-0.39, 0.29) is 19.0 Å². The molecule has 0 bridgehead atoms. The lowest BCUT2D eigenvalue weighted by Crippen LogP contribution is -2.34. The fourth-order valence-corrected chi connectivity index (χ4v) is 1.95. The predicted molar refractivity (Wildman–Crippen MR) is 63.5 cm³/mol. The Hall–Kier alpha value is -1.06. The lowest BCUT2D eigenvalue weighted by Gasteiger charge is -2.30. The van der Waals surface area contributed by atoms with E-state index in [4.69, 9.17) is 0 Å². The summed E-state index contributed by atoms with van der Waals surface area (Å²) in [5.74, 6) is 0.140. The van der Waals surface area contributed by atoms with Gasteiger partial charge >= 0.3 is 0 Å². The van der Waals surface area contributed by atoms with Gasteiger partial charge in [0.05, 0.1) is 13.2 Å². The number of aromatic hydroxyl groups is 1. The van der Waals surface area contributed by atoms with Gasteiger partial charge in [-0.05, 0) is 12.5 Å². The third-order valence-corrected chi connectivity index (χ3v) is 3.09. The Labute approximate surface area is 96.4 Å². The molecule has 0 radical (unpaired) electrons. The van der Waals surface area contributed by atoms with E-state index in [0.29, 0.717) is 12.0 Å². The molecule has 0 aliphatic carbocycles. The first-order chi connectivity index (χ1) is 7.70. The Kier molecular flexibility index (Phi) is 4.77. The molecule has 3 N–H and O–H groups in total. The van der Waals surface area contributed by atoms with E-state index in [0.717, 1.165) is 12.8 Å². The topological polar surface area (TPSA) is 60.7 Å². The summed E-state index contributed by atoms with van der Waals surface area (Å²) >= 11 is 0. The lowest BCUT2D eigenvalue weighted by molar-refractivity contribution is 0.105. The van der Waals surface area contributed by atoms with Crippen molar-refractivity contribution >= 4 is 0 Å². The molecule has 0 saturated heterocycles. The van der Waals surface area contributed by atoms with Crippen LogP contribution in [0, 0.1) is 0 Å². The first-order valence-corrected chi connectivity index (χ1v) is 5.70. The second-order valence-electron chi connectivity index (χ2n) is 4.22. The molecule has 0 spiro atoms. The Bertz CT molecular complexity index is 319. The van der Waals surface area contributed by atoms with Crippen LogP contribution in [0.1, 0.15) is 31.7 Å². The van der Waals surface area contributed by atoms with Gasteiger partial charge in [0.25, 0.3) is 0 Å². The SMILES string of the molecule is CCCCC(CO)(CO)c1ccccc1O. The molecule has 0 aliphatic heterocycles. The molecule has 0 aromatic heterocycles. The number of aliphatic hydroxyl groups is 2. The molecule has 1 aromatic rings. The number of hydrogen-bond donors (Lipinski definition) is 3. The second-order valence-corrected chi connectivity index (χ2v) is 4.22. The molecule has 0 heterocycles. The number of aliphatic hydroxyl groups excluding tert-OH is 2. The standard InChI is InChI=1S/C13H20O3/c1-2-3-8-13(9-14,10-15)11-6-4-5-7-12(11)16/h4-7,14-16H,2-3,8-10H2,1H3. The fraction of sp³-hybridized carbons (Fsp3) is 0.538. The van der Waals surface area contributed by atoms with Crippen LogP contribution in [0.5, 0.6) is 5.75 Å². The minimum Gasteiger partial charge on any atom is -0.508 e. The maximum absolute atomic E-state index is 9.79. The molecule has 3 heteroatoms.